The van der Waals surface area contributed by atoms with Gasteiger partial charge in [0.25, 0.3) is 5.91 Å². The van der Waals surface area contributed by atoms with Gasteiger partial charge in [0.05, 0.1) is 40.9 Å². The fourth-order valence-electron chi connectivity index (χ4n) is 3.50. The van der Waals surface area contributed by atoms with Crippen molar-refractivity contribution in [3.8, 4) is 0 Å². The molecule has 23 heavy (non-hydrogen) atoms. The fraction of sp³-hybridized carbons (Fsp3) is 0.400. The summed E-state index contributed by atoms with van der Waals surface area (Å²) in [6.45, 7) is 1.86. The summed E-state index contributed by atoms with van der Waals surface area (Å²) in [7, 11) is 0. The van der Waals surface area contributed by atoms with E-state index in [1.165, 1.54) is 0 Å². The molecule has 3 aromatic rings. The van der Waals surface area contributed by atoms with Crippen molar-refractivity contribution in [3.63, 3.8) is 0 Å². The van der Waals surface area contributed by atoms with Gasteiger partial charge < -0.3 is 14.6 Å². The van der Waals surface area contributed by atoms with E-state index in [0.29, 0.717) is 25.4 Å². The number of rotatable bonds is 1. The van der Waals surface area contributed by atoms with Gasteiger partial charge in [-0.25, -0.2) is 4.68 Å². The van der Waals surface area contributed by atoms with Gasteiger partial charge in [-0.2, -0.15) is 0 Å². The Bertz CT molecular complexity index is 853. The zero-order chi connectivity index (χ0) is 15.4. The minimum Gasteiger partial charge on any atom is -0.370 e. The molecule has 0 bridgehead atoms. The largest absolute Gasteiger partial charge is 0.370 e. The molecule has 5 heterocycles. The van der Waals surface area contributed by atoms with Crippen LogP contribution in [0, 0.1) is 0 Å². The lowest BCUT2D eigenvalue weighted by molar-refractivity contribution is -0.0605. The Balaban J connectivity index is 1.42. The van der Waals surface area contributed by atoms with Gasteiger partial charge >= 0.3 is 0 Å². The first-order chi connectivity index (χ1) is 11.3. The minimum absolute atomic E-state index is 0.0408. The highest BCUT2D eigenvalue weighted by atomic mass is 32.1. The van der Waals surface area contributed by atoms with E-state index in [2.05, 4.69) is 15.3 Å². The van der Waals surface area contributed by atoms with E-state index in [1.54, 1.807) is 17.5 Å². The molecule has 1 fully saturated rings. The van der Waals surface area contributed by atoms with Crippen LogP contribution in [0.2, 0.25) is 0 Å². The van der Waals surface area contributed by atoms with Crippen LogP contribution in [0.4, 0.5) is 0 Å². The van der Waals surface area contributed by atoms with E-state index in [1.807, 2.05) is 27.1 Å². The van der Waals surface area contributed by atoms with Gasteiger partial charge in [0, 0.05) is 13.1 Å². The first kappa shape index (κ1) is 13.3. The standard InChI is InChI=1S/C15H15N5O2S/c21-15(11-5-14-10(17-11)2-4-23-14)19-3-1-13-12(7-19)20-9(8-22-13)6-16-18-20/h2,4-6,12-13,17H,1,3,7-8H2. The second-order valence-electron chi connectivity index (χ2n) is 6.01. The molecule has 1 saturated heterocycles. The molecule has 1 amide bonds. The van der Waals surface area contributed by atoms with E-state index in [4.69, 9.17) is 4.74 Å². The summed E-state index contributed by atoms with van der Waals surface area (Å²) in [6.07, 6.45) is 2.67. The third-order valence-corrected chi connectivity index (χ3v) is 5.55. The fourth-order valence-corrected chi connectivity index (χ4v) is 4.28. The van der Waals surface area contributed by atoms with Crippen LogP contribution in [0.3, 0.4) is 0 Å². The topological polar surface area (TPSA) is 76.0 Å². The summed E-state index contributed by atoms with van der Waals surface area (Å²) in [5.41, 5.74) is 2.65. The summed E-state index contributed by atoms with van der Waals surface area (Å²) in [4.78, 5) is 17.9. The van der Waals surface area contributed by atoms with E-state index in [-0.39, 0.29) is 18.1 Å². The highest BCUT2D eigenvalue weighted by Gasteiger charge is 2.38. The Labute approximate surface area is 135 Å². The first-order valence-electron chi connectivity index (χ1n) is 7.66. The van der Waals surface area contributed by atoms with Gasteiger partial charge in [0.15, 0.2) is 0 Å². The van der Waals surface area contributed by atoms with Crippen molar-refractivity contribution in [2.45, 2.75) is 25.2 Å². The van der Waals surface area contributed by atoms with Crippen LogP contribution >= 0.6 is 11.3 Å². The van der Waals surface area contributed by atoms with Crippen LogP contribution in [0.15, 0.2) is 23.7 Å². The van der Waals surface area contributed by atoms with Gasteiger partial charge in [-0.1, -0.05) is 5.21 Å². The van der Waals surface area contributed by atoms with Crippen molar-refractivity contribution in [1.29, 1.82) is 0 Å². The summed E-state index contributed by atoms with van der Waals surface area (Å²) in [5, 5.41) is 10.2. The molecule has 0 aromatic carbocycles. The number of hydrogen-bond donors (Lipinski definition) is 1. The predicted molar refractivity (Wildman–Crippen MR) is 84.3 cm³/mol. The first-order valence-corrected chi connectivity index (χ1v) is 8.54. The molecule has 2 aliphatic heterocycles. The monoisotopic (exact) mass is 329 g/mol. The van der Waals surface area contributed by atoms with Crippen LogP contribution in [-0.4, -0.2) is 50.0 Å². The summed E-state index contributed by atoms with van der Waals surface area (Å²) >= 11 is 1.64. The second-order valence-corrected chi connectivity index (χ2v) is 6.96. The number of aromatic nitrogens is 4. The number of aromatic amines is 1. The number of nitrogens with zero attached hydrogens (tertiary/aromatic N) is 4. The molecule has 0 saturated carbocycles. The highest BCUT2D eigenvalue weighted by Crippen LogP contribution is 2.31. The molecule has 1 N–H and O–H groups in total. The van der Waals surface area contributed by atoms with Gasteiger partial charge in [-0.15, -0.1) is 16.4 Å². The smallest absolute Gasteiger partial charge is 0.270 e. The van der Waals surface area contributed by atoms with Gasteiger partial charge in [-0.3, -0.25) is 4.79 Å². The lowest BCUT2D eigenvalue weighted by Crippen LogP contribution is -2.50. The number of amides is 1. The summed E-state index contributed by atoms with van der Waals surface area (Å²) in [6, 6.07) is 3.99. The number of carbonyl (C=O) groups excluding carboxylic acids is 1. The Morgan fingerprint density at radius 1 is 1.48 bits per heavy atom. The molecule has 2 atom stereocenters. The predicted octanol–water partition coefficient (Wildman–Crippen LogP) is 1.81. The van der Waals surface area contributed by atoms with Crippen LogP contribution in [-0.2, 0) is 11.3 Å². The summed E-state index contributed by atoms with van der Waals surface area (Å²) in [5.74, 6) is 0.0408. The maximum atomic E-state index is 12.8. The van der Waals surface area contributed by atoms with E-state index in [0.717, 1.165) is 22.3 Å². The third kappa shape index (κ3) is 2.02. The van der Waals surface area contributed by atoms with Crippen molar-refractivity contribution in [1.82, 2.24) is 24.9 Å². The van der Waals surface area contributed by atoms with Crippen LogP contribution in [0.1, 0.15) is 28.6 Å². The second kappa shape index (κ2) is 4.90. The molecular weight excluding hydrogens is 314 g/mol. The number of likely N-dealkylation sites (tertiary alicyclic amines) is 1. The van der Waals surface area contributed by atoms with Crippen LogP contribution < -0.4 is 0 Å². The number of fused-ring (bicyclic) bond motifs is 4. The Hall–Kier alpha value is -2.19. The number of nitrogens with one attached hydrogen (secondary N) is 1. The molecule has 0 radical (unpaired) electrons. The molecule has 7 nitrogen and oxygen atoms in total. The molecule has 118 valence electrons. The lowest BCUT2D eigenvalue weighted by Gasteiger charge is -2.40. The number of hydrogen-bond acceptors (Lipinski definition) is 5. The van der Waals surface area contributed by atoms with Crippen molar-refractivity contribution in [3.05, 3.63) is 35.1 Å². The number of piperidine rings is 1. The molecule has 0 aliphatic carbocycles. The normalized spacial score (nSPS) is 23.7. The maximum absolute atomic E-state index is 12.8. The molecule has 2 aliphatic rings. The Kier molecular flexibility index (Phi) is 2.83. The van der Waals surface area contributed by atoms with Crippen molar-refractivity contribution >= 4 is 27.5 Å². The van der Waals surface area contributed by atoms with Crippen LogP contribution in [0.25, 0.3) is 10.2 Å². The zero-order valence-electron chi connectivity index (χ0n) is 12.3. The molecular formula is C15H15N5O2S. The van der Waals surface area contributed by atoms with Crippen molar-refractivity contribution in [2.75, 3.05) is 13.1 Å². The van der Waals surface area contributed by atoms with Gasteiger partial charge in [0.1, 0.15) is 5.69 Å². The zero-order valence-corrected chi connectivity index (χ0v) is 13.1. The molecule has 3 aromatic heterocycles. The molecule has 2 unspecified atom stereocenters. The van der Waals surface area contributed by atoms with Gasteiger partial charge in [-0.05, 0) is 23.9 Å². The van der Waals surface area contributed by atoms with Crippen LogP contribution in [0.5, 0.6) is 0 Å². The molecule has 8 heteroatoms. The SMILES string of the molecule is O=C(c1cc2sccc2[nH]1)N1CCC2OCc3cnnn3C2C1. The number of ether oxygens (including phenoxy) is 1. The van der Waals surface area contributed by atoms with E-state index < -0.39 is 0 Å². The molecule has 0 spiro atoms. The quantitative estimate of drug-likeness (QED) is 0.739. The van der Waals surface area contributed by atoms with E-state index in [9.17, 15) is 4.79 Å². The van der Waals surface area contributed by atoms with Gasteiger partial charge in [0.2, 0.25) is 0 Å². The molecule has 5 rings (SSSR count). The Morgan fingerprint density at radius 2 is 2.43 bits per heavy atom. The lowest BCUT2D eigenvalue weighted by atomic mass is 10.00. The third-order valence-electron chi connectivity index (χ3n) is 4.69. The summed E-state index contributed by atoms with van der Waals surface area (Å²) < 4.78 is 8.92. The van der Waals surface area contributed by atoms with Crippen molar-refractivity contribution in [2.24, 2.45) is 0 Å². The average Bonchev–Trinajstić information content (AvgIpc) is 3.28. The number of H-pyrrole nitrogens is 1. The number of thiophene rings is 1. The van der Waals surface area contributed by atoms with E-state index >= 15 is 0 Å². The maximum Gasteiger partial charge on any atom is 0.270 e. The average molecular weight is 329 g/mol. The Morgan fingerprint density at radius 3 is 3.35 bits per heavy atom. The highest BCUT2D eigenvalue weighted by molar-refractivity contribution is 7.17. The number of carbonyl (C=O) groups is 1. The van der Waals surface area contributed by atoms with Crippen molar-refractivity contribution < 1.29 is 9.53 Å². The minimum atomic E-state index is 0.0408.